The van der Waals surface area contributed by atoms with Gasteiger partial charge < -0.3 is 9.84 Å². The zero-order valence-electron chi connectivity index (χ0n) is 11.3. The molecule has 104 valence electrons. The van der Waals surface area contributed by atoms with Gasteiger partial charge in [0.15, 0.2) is 0 Å². The molecule has 4 nitrogen and oxygen atoms in total. The van der Waals surface area contributed by atoms with Crippen LogP contribution in [0.4, 0.5) is 0 Å². The van der Waals surface area contributed by atoms with Crippen LogP contribution in [0.5, 0.6) is 0 Å². The van der Waals surface area contributed by atoms with Crippen LogP contribution in [0.1, 0.15) is 32.1 Å². The van der Waals surface area contributed by atoms with Crippen molar-refractivity contribution in [3.63, 3.8) is 0 Å². The topological polar surface area (TPSA) is 35.9 Å². The Labute approximate surface area is 110 Å². The van der Waals surface area contributed by atoms with Crippen molar-refractivity contribution in [2.24, 2.45) is 0 Å². The Morgan fingerprint density at radius 3 is 2.44 bits per heavy atom. The second kappa shape index (κ2) is 5.87. The summed E-state index contributed by atoms with van der Waals surface area (Å²) in [5.41, 5.74) is 0. The molecule has 0 aromatic rings. The maximum Gasteiger partial charge on any atom is 0.0695 e. The highest BCUT2D eigenvalue weighted by Crippen LogP contribution is 2.27. The van der Waals surface area contributed by atoms with Gasteiger partial charge in [-0.05, 0) is 19.3 Å². The lowest BCUT2D eigenvalue weighted by atomic mass is 9.91. The Kier molecular flexibility index (Phi) is 4.19. The summed E-state index contributed by atoms with van der Waals surface area (Å²) < 4.78 is 5.42. The van der Waals surface area contributed by atoms with Gasteiger partial charge in [-0.2, -0.15) is 0 Å². The predicted molar refractivity (Wildman–Crippen MR) is 70.6 cm³/mol. The zero-order valence-corrected chi connectivity index (χ0v) is 11.3. The van der Waals surface area contributed by atoms with E-state index in [0.29, 0.717) is 12.1 Å². The van der Waals surface area contributed by atoms with E-state index in [9.17, 15) is 5.11 Å². The van der Waals surface area contributed by atoms with Gasteiger partial charge in [0.05, 0.1) is 19.3 Å². The van der Waals surface area contributed by atoms with Crippen molar-refractivity contribution in [2.75, 3.05) is 39.4 Å². The number of hydrogen-bond donors (Lipinski definition) is 1. The molecule has 1 N–H and O–H groups in total. The largest absolute Gasteiger partial charge is 0.391 e. The molecule has 1 saturated carbocycles. The molecule has 2 saturated heterocycles. The van der Waals surface area contributed by atoms with Crippen molar-refractivity contribution in [1.29, 1.82) is 0 Å². The molecule has 1 unspecified atom stereocenters. The van der Waals surface area contributed by atoms with Crippen LogP contribution in [0.15, 0.2) is 0 Å². The van der Waals surface area contributed by atoms with Crippen molar-refractivity contribution in [3.05, 3.63) is 0 Å². The van der Waals surface area contributed by atoms with Crippen LogP contribution in [0.25, 0.3) is 0 Å². The van der Waals surface area contributed by atoms with Crippen LogP contribution in [0, 0.1) is 0 Å². The number of nitrogens with zero attached hydrogens (tertiary/aromatic N) is 2. The van der Waals surface area contributed by atoms with Crippen LogP contribution in [-0.4, -0.2) is 72.5 Å². The second-order valence-corrected chi connectivity index (χ2v) is 6.00. The molecule has 0 radical (unpaired) electrons. The summed E-state index contributed by atoms with van der Waals surface area (Å²) in [6.07, 6.45) is 5.88. The second-order valence-electron chi connectivity index (χ2n) is 6.00. The highest BCUT2D eigenvalue weighted by Gasteiger charge is 2.35. The summed E-state index contributed by atoms with van der Waals surface area (Å²) in [7, 11) is 0. The van der Waals surface area contributed by atoms with Crippen molar-refractivity contribution in [2.45, 2.75) is 50.3 Å². The zero-order chi connectivity index (χ0) is 12.4. The van der Waals surface area contributed by atoms with E-state index < -0.39 is 0 Å². The summed E-state index contributed by atoms with van der Waals surface area (Å²) in [6.45, 7) is 6.29. The van der Waals surface area contributed by atoms with E-state index >= 15 is 0 Å². The van der Waals surface area contributed by atoms with E-state index in [-0.39, 0.29) is 6.10 Å². The third kappa shape index (κ3) is 2.72. The molecule has 3 fully saturated rings. The fourth-order valence-corrected chi connectivity index (χ4v) is 3.83. The van der Waals surface area contributed by atoms with E-state index in [2.05, 4.69) is 9.80 Å². The molecular formula is C14H26N2O2. The average molecular weight is 254 g/mol. The summed E-state index contributed by atoms with van der Waals surface area (Å²) in [5.74, 6) is 0. The monoisotopic (exact) mass is 254 g/mol. The molecule has 3 atom stereocenters. The molecule has 0 bridgehead atoms. The SMILES string of the molecule is O[C@H]1CCCC[C@@H]1N1CCC(N2CCOCC2)C1. The number of morpholine rings is 1. The van der Waals surface area contributed by atoms with Crippen LogP contribution < -0.4 is 0 Å². The molecular weight excluding hydrogens is 228 g/mol. The molecule has 0 spiro atoms. The van der Waals surface area contributed by atoms with Crippen LogP contribution >= 0.6 is 0 Å². The first-order chi connectivity index (χ1) is 8.84. The molecule has 2 aliphatic heterocycles. The van der Waals surface area contributed by atoms with Gasteiger partial charge in [-0.1, -0.05) is 12.8 Å². The average Bonchev–Trinajstić information content (AvgIpc) is 2.90. The number of likely N-dealkylation sites (tertiary alicyclic amines) is 1. The Morgan fingerprint density at radius 1 is 0.889 bits per heavy atom. The van der Waals surface area contributed by atoms with Crippen molar-refractivity contribution >= 4 is 0 Å². The minimum Gasteiger partial charge on any atom is -0.391 e. The molecule has 4 heteroatoms. The van der Waals surface area contributed by atoms with Gasteiger partial charge in [-0.15, -0.1) is 0 Å². The van der Waals surface area contributed by atoms with Crippen LogP contribution in [0.2, 0.25) is 0 Å². The van der Waals surface area contributed by atoms with E-state index in [4.69, 9.17) is 4.74 Å². The molecule has 18 heavy (non-hydrogen) atoms. The molecule has 0 aromatic carbocycles. The molecule has 3 rings (SSSR count). The highest BCUT2D eigenvalue weighted by molar-refractivity contribution is 4.91. The number of ether oxygens (including phenoxy) is 1. The lowest BCUT2D eigenvalue weighted by Crippen LogP contribution is -2.48. The third-order valence-corrected chi connectivity index (χ3v) is 4.92. The number of hydrogen-bond acceptors (Lipinski definition) is 4. The summed E-state index contributed by atoms with van der Waals surface area (Å²) in [5, 5.41) is 10.2. The minimum atomic E-state index is -0.0813. The summed E-state index contributed by atoms with van der Waals surface area (Å²) in [6, 6.07) is 1.13. The Balaban J connectivity index is 1.53. The molecule has 2 heterocycles. The number of rotatable bonds is 2. The molecule has 0 aromatic heterocycles. The smallest absolute Gasteiger partial charge is 0.0695 e. The lowest BCUT2D eigenvalue weighted by Gasteiger charge is -2.36. The first kappa shape index (κ1) is 12.9. The quantitative estimate of drug-likeness (QED) is 0.787. The van der Waals surface area contributed by atoms with Crippen molar-refractivity contribution in [3.8, 4) is 0 Å². The summed E-state index contributed by atoms with van der Waals surface area (Å²) in [4.78, 5) is 5.13. The van der Waals surface area contributed by atoms with Gasteiger partial charge in [0.25, 0.3) is 0 Å². The van der Waals surface area contributed by atoms with Crippen molar-refractivity contribution < 1.29 is 9.84 Å². The Hall–Kier alpha value is -0.160. The Morgan fingerprint density at radius 2 is 1.67 bits per heavy atom. The van der Waals surface area contributed by atoms with Gasteiger partial charge >= 0.3 is 0 Å². The third-order valence-electron chi connectivity index (χ3n) is 4.92. The molecule has 3 aliphatic rings. The fraction of sp³-hybridized carbons (Fsp3) is 1.00. The lowest BCUT2D eigenvalue weighted by molar-refractivity contribution is 0.00713. The van der Waals surface area contributed by atoms with Crippen LogP contribution in [-0.2, 0) is 4.74 Å². The number of aliphatic hydroxyl groups excluding tert-OH is 1. The van der Waals surface area contributed by atoms with E-state index in [0.717, 1.165) is 39.3 Å². The highest BCUT2D eigenvalue weighted by atomic mass is 16.5. The first-order valence-electron chi connectivity index (χ1n) is 7.58. The maximum atomic E-state index is 10.2. The van der Waals surface area contributed by atoms with E-state index in [1.807, 2.05) is 0 Å². The summed E-state index contributed by atoms with van der Waals surface area (Å²) >= 11 is 0. The van der Waals surface area contributed by atoms with Gasteiger partial charge in [0.2, 0.25) is 0 Å². The normalized spacial score (nSPS) is 40.2. The van der Waals surface area contributed by atoms with E-state index in [1.165, 1.54) is 32.2 Å². The maximum absolute atomic E-state index is 10.2. The molecule has 0 amide bonds. The fourth-order valence-electron chi connectivity index (χ4n) is 3.83. The first-order valence-corrected chi connectivity index (χ1v) is 7.58. The van der Waals surface area contributed by atoms with Gasteiger partial charge in [-0.25, -0.2) is 0 Å². The number of aliphatic hydroxyl groups is 1. The minimum absolute atomic E-state index is 0.0813. The van der Waals surface area contributed by atoms with Gasteiger partial charge in [0.1, 0.15) is 0 Å². The molecule has 1 aliphatic carbocycles. The van der Waals surface area contributed by atoms with Crippen molar-refractivity contribution in [1.82, 2.24) is 9.80 Å². The van der Waals surface area contributed by atoms with E-state index in [1.54, 1.807) is 0 Å². The standard InChI is InChI=1S/C14H26N2O2/c17-14-4-2-1-3-13(14)16-6-5-12(11-16)15-7-9-18-10-8-15/h12-14,17H,1-11H2/t12?,13-,14-/m0/s1. The Bertz CT molecular complexity index is 269. The van der Waals surface area contributed by atoms with Gasteiger partial charge in [-0.3, -0.25) is 9.80 Å². The predicted octanol–water partition coefficient (Wildman–Crippen LogP) is 0.696. The van der Waals surface area contributed by atoms with Gasteiger partial charge in [0, 0.05) is 38.3 Å². The van der Waals surface area contributed by atoms with Crippen LogP contribution in [0.3, 0.4) is 0 Å².